The summed E-state index contributed by atoms with van der Waals surface area (Å²) in [5.74, 6) is 0.595. The van der Waals surface area contributed by atoms with Crippen molar-refractivity contribution in [2.45, 2.75) is 54.1 Å². The third-order valence-corrected chi connectivity index (χ3v) is 4.19. The second-order valence-electron chi connectivity index (χ2n) is 8.32. The minimum atomic E-state index is 0.203. The van der Waals surface area contributed by atoms with Gasteiger partial charge < -0.3 is 9.47 Å². The third-order valence-electron chi connectivity index (χ3n) is 4.19. The lowest BCUT2D eigenvalue weighted by atomic mass is 9.70. The lowest BCUT2D eigenvalue weighted by Gasteiger charge is -2.35. The van der Waals surface area contributed by atoms with Gasteiger partial charge in [0.25, 0.3) is 0 Å². The van der Waals surface area contributed by atoms with E-state index in [0.29, 0.717) is 17.4 Å². The lowest BCUT2D eigenvalue weighted by molar-refractivity contribution is 0.130. The molecule has 1 saturated heterocycles. The Kier molecular flexibility index (Phi) is 4.46. The van der Waals surface area contributed by atoms with Gasteiger partial charge in [0.15, 0.2) is 0 Å². The zero-order chi connectivity index (χ0) is 15.0. The average Bonchev–Trinajstić information content (AvgIpc) is 3.10. The van der Waals surface area contributed by atoms with Gasteiger partial charge in [-0.05, 0) is 34.3 Å². The highest BCUT2D eigenvalue weighted by Crippen LogP contribution is 2.40. The van der Waals surface area contributed by atoms with Crippen LogP contribution >= 0.6 is 0 Å². The largest absolute Gasteiger partial charge is 0.374 e. The van der Waals surface area contributed by atoms with Crippen LogP contribution in [0.4, 0.5) is 0 Å². The molecule has 0 saturated carbocycles. The summed E-state index contributed by atoms with van der Waals surface area (Å²) in [6.45, 7) is 16.2. The van der Waals surface area contributed by atoms with Gasteiger partial charge in [0, 0.05) is 0 Å². The van der Waals surface area contributed by atoms with E-state index in [1.165, 1.54) is 11.1 Å². The first kappa shape index (κ1) is 15.8. The van der Waals surface area contributed by atoms with Gasteiger partial charge in [0.1, 0.15) is 6.10 Å². The molecule has 0 aromatic rings. The molecule has 1 heterocycles. The Balaban J connectivity index is 2.05. The molecule has 0 N–H and O–H groups in total. The van der Waals surface area contributed by atoms with Crippen LogP contribution in [0.15, 0.2) is 23.3 Å². The molecule has 20 heavy (non-hydrogen) atoms. The number of hydrogen-bond acceptors (Lipinski definition) is 2. The minimum absolute atomic E-state index is 0.203. The molecule has 0 aromatic carbocycles. The van der Waals surface area contributed by atoms with Crippen LogP contribution in [0.1, 0.15) is 48.0 Å². The van der Waals surface area contributed by atoms with E-state index in [1.54, 1.807) is 0 Å². The number of rotatable bonds is 4. The second-order valence-corrected chi connectivity index (χ2v) is 8.32. The number of allylic oxidation sites excluding steroid dienone is 3. The molecular formula is C18H30O2. The maximum atomic E-state index is 5.80. The number of epoxide rings is 1. The fourth-order valence-electron chi connectivity index (χ4n) is 2.49. The molecule has 0 spiro atoms. The maximum absolute atomic E-state index is 5.80. The molecule has 2 heteroatoms. The van der Waals surface area contributed by atoms with E-state index in [2.05, 4.69) is 53.7 Å². The molecule has 0 aromatic heterocycles. The van der Waals surface area contributed by atoms with Crippen molar-refractivity contribution in [2.24, 2.45) is 16.7 Å². The first-order chi connectivity index (χ1) is 9.16. The van der Waals surface area contributed by atoms with E-state index < -0.39 is 0 Å². The smallest absolute Gasteiger partial charge is 0.104 e. The minimum Gasteiger partial charge on any atom is -0.374 e. The van der Waals surface area contributed by atoms with Crippen molar-refractivity contribution in [1.29, 1.82) is 0 Å². The molecule has 2 aliphatic rings. The molecule has 0 radical (unpaired) electrons. The van der Waals surface area contributed by atoms with E-state index in [9.17, 15) is 0 Å². The zero-order valence-corrected chi connectivity index (χ0v) is 14.0. The van der Waals surface area contributed by atoms with Crippen LogP contribution in [0.2, 0.25) is 0 Å². The highest BCUT2D eigenvalue weighted by molar-refractivity contribution is 5.34. The van der Waals surface area contributed by atoms with Crippen LogP contribution in [0, 0.1) is 16.7 Å². The summed E-state index contributed by atoms with van der Waals surface area (Å²) in [5, 5.41) is 0. The van der Waals surface area contributed by atoms with E-state index >= 15 is 0 Å². The van der Waals surface area contributed by atoms with Crippen LogP contribution in [0.3, 0.4) is 0 Å². The van der Waals surface area contributed by atoms with Crippen LogP contribution in [0.5, 0.6) is 0 Å². The molecule has 1 fully saturated rings. The highest BCUT2D eigenvalue weighted by atomic mass is 16.6. The summed E-state index contributed by atoms with van der Waals surface area (Å²) in [7, 11) is 0. The van der Waals surface area contributed by atoms with Crippen LogP contribution in [0.25, 0.3) is 0 Å². The van der Waals surface area contributed by atoms with Gasteiger partial charge in [0.05, 0.1) is 19.8 Å². The Labute approximate surface area is 124 Å². The number of ether oxygens (including phenoxy) is 2. The Morgan fingerprint density at radius 3 is 2.35 bits per heavy atom. The molecule has 2 nitrogen and oxygen atoms in total. The van der Waals surface area contributed by atoms with Gasteiger partial charge in [-0.3, -0.25) is 0 Å². The quantitative estimate of drug-likeness (QED) is 0.712. The first-order valence-corrected chi connectivity index (χ1v) is 7.77. The molecule has 2 atom stereocenters. The van der Waals surface area contributed by atoms with Crippen molar-refractivity contribution < 1.29 is 9.47 Å². The van der Waals surface area contributed by atoms with Crippen molar-refractivity contribution in [1.82, 2.24) is 0 Å². The van der Waals surface area contributed by atoms with Crippen molar-refractivity contribution in [2.75, 3.05) is 19.8 Å². The monoisotopic (exact) mass is 278 g/mol. The van der Waals surface area contributed by atoms with Gasteiger partial charge in [-0.15, -0.1) is 0 Å². The van der Waals surface area contributed by atoms with E-state index in [0.717, 1.165) is 26.2 Å². The molecule has 2 unspecified atom stereocenters. The van der Waals surface area contributed by atoms with Crippen molar-refractivity contribution in [3.05, 3.63) is 23.3 Å². The number of hydrogen-bond donors (Lipinski definition) is 0. The Morgan fingerprint density at radius 2 is 1.85 bits per heavy atom. The Hall–Kier alpha value is -0.600. The molecule has 114 valence electrons. The average molecular weight is 278 g/mol. The van der Waals surface area contributed by atoms with Crippen LogP contribution in [-0.2, 0) is 9.47 Å². The topological polar surface area (TPSA) is 21.8 Å². The fraction of sp³-hybridized carbons (Fsp3) is 0.778. The van der Waals surface area contributed by atoms with Gasteiger partial charge in [-0.25, -0.2) is 0 Å². The molecule has 2 rings (SSSR count). The summed E-state index contributed by atoms with van der Waals surface area (Å²) in [4.78, 5) is 0. The standard InChI is InChI=1S/C18H30O2/c1-17(2,3)14-7-13(10-19-11-16-12-20-16)8-15(9-14)18(4,5)6/h7,9,15-16H,8,10-12H2,1-6H3. The zero-order valence-electron chi connectivity index (χ0n) is 14.0. The normalized spacial score (nSPS) is 27.1. The van der Waals surface area contributed by atoms with Crippen LogP contribution in [-0.4, -0.2) is 25.9 Å². The lowest BCUT2D eigenvalue weighted by Crippen LogP contribution is -2.25. The van der Waals surface area contributed by atoms with E-state index in [4.69, 9.17) is 9.47 Å². The molecule has 1 aliphatic carbocycles. The summed E-state index contributed by atoms with van der Waals surface area (Å²) in [5.41, 5.74) is 3.38. The van der Waals surface area contributed by atoms with Gasteiger partial charge >= 0.3 is 0 Å². The predicted molar refractivity (Wildman–Crippen MR) is 83.7 cm³/mol. The first-order valence-electron chi connectivity index (χ1n) is 7.77. The van der Waals surface area contributed by atoms with Gasteiger partial charge in [-0.2, -0.15) is 0 Å². The maximum Gasteiger partial charge on any atom is 0.104 e. The summed E-state index contributed by atoms with van der Waals surface area (Å²) in [6, 6.07) is 0. The van der Waals surface area contributed by atoms with Gasteiger partial charge in [-0.1, -0.05) is 53.7 Å². The molecule has 0 bridgehead atoms. The summed E-state index contributed by atoms with van der Waals surface area (Å²) < 4.78 is 11.0. The Bertz CT molecular complexity index is 400. The van der Waals surface area contributed by atoms with Crippen LogP contribution < -0.4 is 0 Å². The Morgan fingerprint density at radius 1 is 1.20 bits per heavy atom. The van der Waals surface area contributed by atoms with Crippen molar-refractivity contribution in [3.8, 4) is 0 Å². The molecular weight excluding hydrogens is 248 g/mol. The van der Waals surface area contributed by atoms with Gasteiger partial charge in [0.2, 0.25) is 0 Å². The van der Waals surface area contributed by atoms with Crippen molar-refractivity contribution in [3.63, 3.8) is 0 Å². The fourth-order valence-corrected chi connectivity index (χ4v) is 2.49. The summed E-state index contributed by atoms with van der Waals surface area (Å²) in [6.07, 6.45) is 6.31. The van der Waals surface area contributed by atoms with E-state index in [1.807, 2.05) is 0 Å². The highest BCUT2D eigenvalue weighted by Gasteiger charge is 2.30. The predicted octanol–water partition coefficient (Wildman–Crippen LogP) is 4.37. The van der Waals surface area contributed by atoms with E-state index in [-0.39, 0.29) is 5.41 Å². The second kappa shape index (κ2) is 5.65. The third kappa shape index (κ3) is 4.46. The SMILES string of the molecule is CC(C)(C)C1=CC(C(C)(C)C)CC(COCC2CO2)=C1. The summed E-state index contributed by atoms with van der Waals surface area (Å²) >= 11 is 0. The van der Waals surface area contributed by atoms with Crippen molar-refractivity contribution >= 4 is 0 Å². The molecule has 1 aliphatic heterocycles. The molecule has 0 amide bonds.